The molecule has 2 heterocycles. The van der Waals surface area contributed by atoms with Crippen molar-refractivity contribution in [2.24, 2.45) is 12.2 Å². The number of nitrogens with one attached hydrogen (secondary N) is 1. The highest BCUT2D eigenvalue weighted by molar-refractivity contribution is 7.89. The molecular formula is C21H23N7O2S. The molecule has 0 atom stereocenters. The number of sulfonamides is 1. The van der Waals surface area contributed by atoms with E-state index in [0.717, 1.165) is 16.0 Å². The van der Waals surface area contributed by atoms with Gasteiger partial charge in [-0.2, -0.15) is 10.1 Å². The molecule has 0 spiro atoms. The number of hydrogen-bond acceptors (Lipinski definition) is 7. The van der Waals surface area contributed by atoms with E-state index in [1.54, 1.807) is 35.9 Å². The molecule has 160 valence electrons. The Morgan fingerprint density at radius 2 is 1.97 bits per heavy atom. The molecule has 0 aliphatic carbocycles. The Kier molecular flexibility index (Phi) is 4.24. The first-order valence-electron chi connectivity index (χ1n) is 10.8. The number of aryl methyl sites for hydroxylation is 3. The Morgan fingerprint density at radius 1 is 1.16 bits per heavy atom. The molecule has 4 rings (SSSR count). The van der Waals surface area contributed by atoms with Gasteiger partial charge in [0.2, 0.25) is 16.0 Å². The second-order valence-electron chi connectivity index (χ2n) is 7.13. The maximum absolute atomic E-state index is 11.8. The van der Waals surface area contributed by atoms with Gasteiger partial charge in [0.25, 0.3) is 0 Å². The summed E-state index contributed by atoms with van der Waals surface area (Å²) in [4.78, 5) is 9.60. The first-order valence-corrected chi connectivity index (χ1v) is 10.9. The maximum Gasteiger partial charge on any atom is 0.238 e. The van der Waals surface area contributed by atoms with Crippen molar-refractivity contribution >= 4 is 44.1 Å². The predicted octanol–water partition coefficient (Wildman–Crippen LogP) is 3.14. The fourth-order valence-corrected chi connectivity index (χ4v) is 4.05. The predicted molar refractivity (Wildman–Crippen MR) is 121 cm³/mol. The SMILES string of the molecule is [2H]C([2H])([2H])N(c1ccc2c(C)n(C)nc2c1)c1ccnc(Nc2ccc(C)c(S(N)(=O)=O)c2)n1. The molecule has 0 radical (unpaired) electrons. The molecule has 9 nitrogen and oxygen atoms in total. The molecule has 0 amide bonds. The molecule has 0 saturated heterocycles. The van der Waals surface area contributed by atoms with Gasteiger partial charge in [-0.15, -0.1) is 0 Å². The molecule has 0 fully saturated rings. The Labute approximate surface area is 184 Å². The van der Waals surface area contributed by atoms with E-state index in [9.17, 15) is 8.42 Å². The van der Waals surface area contributed by atoms with Crippen LogP contribution in [0.15, 0.2) is 53.6 Å². The fraction of sp³-hybridized carbons (Fsp3) is 0.190. The third kappa shape index (κ3) is 4.07. The summed E-state index contributed by atoms with van der Waals surface area (Å²) in [7, 11) is -2.09. The summed E-state index contributed by atoms with van der Waals surface area (Å²) in [6.07, 6.45) is 1.42. The van der Waals surface area contributed by atoms with Crippen molar-refractivity contribution in [1.82, 2.24) is 19.7 Å². The summed E-state index contributed by atoms with van der Waals surface area (Å²) in [6.45, 7) is 1.02. The second kappa shape index (κ2) is 7.64. The zero-order valence-corrected chi connectivity index (χ0v) is 18.0. The molecule has 2 aromatic carbocycles. The van der Waals surface area contributed by atoms with Gasteiger partial charge in [-0.25, -0.2) is 18.5 Å². The third-order valence-electron chi connectivity index (χ3n) is 4.99. The summed E-state index contributed by atoms with van der Waals surface area (Å²) in [5, 5.41) is 13.6. The van der Waals surface area contributed by atoms with Gasteiger partial charge >= 0.3 is 0 Å². The van der Waals surface area contributed by atoms with Gasteiger partial charge in [0.15, 0.2) is 0 Å². The molecule has 4 aromatic rings. The zero-order valence-electron chi connectivity index (χ0n) is 20.2. The minimum Gasteiger partial charge on any atom is -0.329 e. The summed E-state index contributed by atoms with van der Waals surface area (Å²) < 4.78 is 49.7. The molecule has 2 aromatic heterocycles. The van der Waals surface area contributed by atoms with Crippen LogP contribution in [0.4, 0.5) is 23.1 Å². The highest BCUT2D eigenvalue weighted by Gasteiger charge is 2.14. The van der Waals surface area contributed by atoms with Gasteiger partial charge < -0.3 is 10.2 Å². The van der Waals surface area contributed by atoms with Crippen molar-refractivity contribution < 1.29 is 12.5 Å². The van der Waals surface area contributed by atoms with Crippen molar-refractivity contribution in [3.63, 3.8) is 0 Å². The van der Waals surface area contributed by atoms with Gasteiger partial charge in [0, 0.05) is 46.8 Å². The molecular weight excluding hydrogens is 414 g/mol. The summed E-state index contributed by atoms with van der Waals surface area (Å²) in [5.41, 5.74) is 2.90. The van der Waals surface area contributed by atoms with E-state index in [4.69, 9.17) is 9.25 Å². The van der Waals surface area contributed by atoms with Gasteiger partial charge in [0.1, 0.15) is 5.82 Å². The Hall–Kier alpha value is -3.50. The van der Waals surface area contributed by atoms with Gasteiger partial charge in [-0.1, -0.05) is 6.07 Å². The van der Waals surface area contributed by atoms with Crippen molar-refractivity contribution in [2.75, 3.05) is 17.2 Å². The molecule has 0 bridgehead atoms. The molecule has 0 aliphatic rings. The molecule has 10 heteroatoms. The second-order valence-corrected chi connectivity index (χ2v) is 8.66. The van der Waals surface area contributed by atoms with Crippen LogP contribution in [-0.4, -0.2) is 35.1 Å². The number of nitrogens with zero attached hydrogens (tertiary/aromatic N) is 5. The first kappa shape index (κ1) is 17.2. The number of rotatable bonds is 5. The normalized spacial score (nSPS) is 13.5. The lowest BCUT2D eigenvalue weighted by atomic mass is 10.2. The number of fused-ring (bicyclic) bond motifs is 1. The van der Waals surface area contributed by atoms with Gasteiger partial charge in [-0.05, 0) is 55.8 Å². The van der Waals surface area contributed by atoms with E-state index in [-0.39, 0.29) is 16.7 Å². The van der Waals surface area contributed by atoms with E-state index < -0.39 is 17.0 Å². The van der Waals surface area contributed by atoms with Crippen LogP contribution in [0.5, 0.6) is 0 Å². The molecule has 0 unspecified atom stereocenters. The molecule has 0 saturated carbocycles. The van der Waals surface area contributed by atoms with E-state index in [1.165, 1.54) is 18.3 Å². The van der Waals surface area contributed by atoms with Crippen molar-refractivity contribution in [1.29, 1.82) is 0 Å². The van der Waals surface area contributed by atoms with Crippen LogP contribution >= 0.6 is 0 Å². The summed E-state index contributed by atoms with van der Waals surface area (Å²) in [6, 6.07) is 11.3. The number of benzene rings is 2. The summed E-state index contributed by atoms with van der Waals surface area (Å²) in [5.74, 6) is 0.217. The number of anilines is 4. The highest BCUT2D eigenvalue weighted by atomic mass is 32.2. The van der Waals surface area contributed by atoms with Crippen LogP contribution in [-0.2, 0) is 17.1 Å². The maximum atomic E-state index is 11.8. The van der Waals surface area contributed by atoms with Crippen LogP contribution in [0.2, 0.25) is 0 Å². The standard InChI is InChI=1S/C21H23N7O2S/c1-13-5-6-15(11-19(13)31(22,29)30)24-21-23-10-9-20(25-21)27(3)16-7-8-17-14(2)28(4)26-18(17)12-16/h5-12H,1-4H3,(H2,22,29,30)(H,23,24,25)/i3D3. The van der Waals surface area contributed by atoms with Crippen LogP contribution in [0.25, 0.3) is 10.9 Å². The first-order chi connectivity index (χ1) is 15.8. The van der Waals surface area contributed by atoms with Crippen LogP contribution < -0.4 is 15.4 Å². The van der Waals surface area contributed by atoms with Gasteiger partial charge in [-0.3, -0.25) is 4.68 Å². The lowest BCUT2D eigenvalue weighted by molar-refractivity contribution is 0.597. The fourth-order valence-electron chi connectivity index (χ4n) is 3.24. The van der Waals surface area contributed by atoms with Crippen molar-refractivity contribution in [3.8, 4) is 0 Å². The lowest BCUT2D eigenvalue weighted by Crippen LogP contribution is -2.14. The Balaban J connectivity index is 1.73. The molecule has 0 aliphatic heterocycles. The molecule has 3 N–H and O–H groups in total. The number of aromatic nitrogens is 4. The smallest absolute Gasteiger partial charge is 0.238 e. The highest BCUT2D eigenvalue weighted by Crippen LogP contribution is 2.28. The quantitative estimate of drug-likeness (QED) is 0.489. The Morgan fingerprint density at radius 3 is 2.71 bits per heavy atom. The number of nitrogens with two attached hydrogens (primary N) is 1. The van der Waals surface area contributed by atoms with Crippen LogP contribution in [0, 0.1) is 13.8 Å². The average Bonchev–Trinajstić information content (AvgIpc) is 3.01. The van der Waals surface area contributed by atoms with E-state index in [1.807, 2.05) is 20.0 Å². The summed E-state index contributed by atoms with van der Waals surface area (Å²) >= 11 is 0. The molecule has 31 heavy (non-hydrogen) atoms. The van der Waals surface area contributed by atoms with Crippen molar-refractivity contribution in [2.45, 2.75) is 18.7 Å². The van der Waals surface area contributed by atoms with Gasteiger partial charge in [0.05, 0.1) is 10.4 Å². The Bertz CT molecular complexity index is 1500. The average molecular weight is 441 g/mol. The topological polar surface area (TPSA) is 119 Å². The monoisotopic (exact) mass is 440 g/mol. The minimum absolute atomic E-state index is 0.0308. The minimum atomic E-state index is -3.92. The number of hydrogen-bond donors (Lipinski definition) is 2. The lowest BCUT2D eigenvalue weighted by Gasteiger charge is -2.19. The third-order valence-corrected chi connectivity index (χ3v) is 6.05. The van der Waals surface area contributed by atoms with E-state index in [0.29, 0.717) is 22.5 Å². The van der Waals surface area contributed by atoms with Crippen LogP contribution in [0.3, 0.4) is 0 Å². The zero-order chi connectivity index (χ0) is 24.8. The van der Waals surface area contributed by atoms with Crippen LogP contribution in [0.1, 0.15) is 15.4 Å². The van der Waals surface area contributed by atoms with Crippen molar-refractivity contribution in [3.05, 3.63) is 59.9 Å². The number of primary sulfonamides is 1. The van der Waals surface area contributed by atoms with E-state index >= 15 is 0 Å². The van der Waals surface area contributed by atoms with E-state index in [2.05, 4.69) is 20.4 Å². The largest absolute Gasteiger partial charge is 0.329 e.